The summed E-state index contributed by atoms with van der Waals surface area (Å²) in [6.07, 6.45) is 2.14. The lowest BCUT2D eigenvalue weighted by molar-refractivity contribution is 0.0680. The SMILES string of the molecule is COCCN(C(=O)c1ccc(Cl)c(N)c1)C1CC1. The molecule has 18 heavy (non-hydrogen) atoms. The first-order valence-corrected chi connectivity index (χ1v) is 6.36. The van der Waals surface area contributed by atoms with Gasteiger partial charge in [0.15, 0.2) is 0 Å². The maximum absolute atomic E-state index is 12.4. The first-order chi connectivity index (χ1) is 8.63. The fourth-order valence-electron chi connectivity index (χ4n) is 1.87. The predicted octanol–water partition coefficient (Wildman–Crippen LogP) is 2.17. The number of rotatable bonds is 5. The second kappa shape index (κ2) is 5.59. The van der Waals surface area contributed by atoms with Gasteiger partial charge in [0.2, 0.25) is 0 Å². The number of carbonyl (C=O) groups excluding carboxylic acids is 1. The van der Waals surface area contributed by atoms with E-state index in [2.05, 4.69) is 0 Å². The van der Waals surface area contributed by atoms with E-state index in [9.17, 15) is 4.79 Å². The summed E-state index contributed by atoms with van der Waals surface area (Å²) >= 11 is 5.85. The van der Waals surface area contributed by atoms with E-state index in [0.717, 1.165) is 12.8 Å². The van der Waals surface area contributed by atoms with Gasteiger partial charge in [0.05, 0.1) is 17.3 Å². The van der Waals surface area contributed by atoms with Gasteiger partial charge in [-0.3, -0.25) is 4.79 Å². The highest BCUT2D eigenvalue weighted by Crippen LogP contribution is 2.29. The van der Waals surface area contributed by atoms with E-state index >= 15 is 0 Å². The highest BCUT2D eigenvalue weighted by Gasteiger charge is 2.32. The number of benzene rings is 1. The Hall–Kier alpha value is -1.26. The van der Waals surface area contributed by atoms with Crippen molar-refractivity contribution in [3.63, 3.8) is 0 Å². The molecule has 0 radical (unpaired) electrons. The van der Waals surface area contributed by atoms with Crippen LogP contribution in [-0.4, -0.2) is 37.1 Å². The maximum Gasteiger partial charge on any atom is 0.254 e. The van der Waals surface area contributed by atoms with Crippen LogP contribution in [0.15, 0.2) is 18.2 Å². The number of hydrogen-bond donors (Lipinski definition) is 1. The Bertz CT molecular complexity index is 447. The van der Waals surface area contributed by atoms with Crippen molar-refractivity contribution < 1.29 is 9.53 Å². The molecular formula is C13H17ClN2O2. The van der Waals surface area contributed by atoms with Crippen LogP contribution in [-0.2, 0) is 4.74 Å². The molecule has 0 aliphatic heterocycles. The summed E-state index contributed by atoms with van der Waals surface area (Å²) in [4.78, 5) is 14.2. The molecule has 98 valence electrons. The zero-order valence-electron chi connectivity index (χ0n) is 10.4. The van der Waals surface area contributed by atoms with Crippen LogP contribution in [0.25, 0.3) is 0 Å². The first kappa shape index (κ1) is 13.2. The zero-order chi connectivity index (χ0) is 13.1. The molecule has 0 bridgehead atoms. The summed E-state index contributed by atoms with van der Waals surface area (Å²) < 4.78 is 5.04. The van der Waals surface area contributed by atoms with Gasteiger partial charge in [-0.05, 0) is 31.0 Å². The minimum atomic E-state index is -0.00193. The fourth-order valence-corrected chi connectivity index (χ4v) is 1.99. The summed E-state index contributed by atoms with van der Waals surface area (Å²) in [5.41, 5.74) is 6.74. The normalized spacial score (nSPS) is 14.6. The second-order valence-corrected chi connectivity index (χ2v) is 4.87. The van der Waals surface area contributed by atoms with Gasteiger partial charge in [0.25, 0.3) is 5.91 Å². The van der Waals surface area contributed by atoms with Crippen molar-refractivity contribution in [3.8, 4) is 0 Å². The minimum Gasteiger partial charge on any atom is -0.398 e. The quantitative estimate of drug-likeness (QED) is 0.833. The van der Waals surface area contributed by atoms with Crippen molar-refractivity contribution in [2.75, 3.05) is 26.0 Å². The Balaban J connectivity index is 2.13. The number of nitrogen functional groups attached to an aromatic ring is 1. The molecule has 0 unspecified atom stereocenters. The summed E-state index contributed by atoms with van der Waals surface area (Å²) in [6, 6.07) is 5.35. The lowest BCUT2D eigenvalue weighted by Gasteiger charge is -2.22. The molecule has 0 heterocycles. The van der Waals surface area contributed by atoms with Crippen LogP contribution in [0.1, 0.15) is 23.2 Å². The number of carbonyl (C=O) groups is 1. The number of halogens is 1. The highest BCUT2D eigenvalue weighted by atomic mass is 35.5. The van der Waals surface area contributed by atoms with E-state index in [1.165, 1.54) is 0 Å². The predicted molar refractivity (Wildman–Crippen MR) is 71.8 cm³/mol. The first-order valence-electron chi connectivity index (χ1n) is 5.98. The molecule has 0 spiro atoms. The average molecular weight is 269 g/mol. The number of ether oxygens (including phenoxy) is 1. The third kappa shape index (κ3) is 2.94. The third-order valence-corrected chi connectivity index (χ3v) is 3.37. The molecule has 1 aromatic rings. The number of methoxy groups -OCH3 is 1. The molecule has 1 aliphatic rings. The summed E-state index contributed by atoms with van der Waals surface area (Å²) in [5, 5.41) is 0.474. The van der Waals surface area contributed by atoms with Gasteiger partial charge in [-0.15, -0.1) is 0 Å². The van der Waals surface area contributed by atoms with E-state index in [1.54, 1.807) is 25.3 Å². The number of hydrogen-bond acceptors (Lipinski definition) is 3. The minimum absolute atomic E-state index is 0.00193. The fraction of sp³-hybridized carbons (Fsp3) is 0.462. The Morgan fingerprint density at radius 1 is 1.56 bits per heavy atom. The van der Waals surface area contributed by atoms with Crippen LogP contribution in [0.3, 0.4) is 0 Å². The van der Waals surface area contributed by atoms with Gasteiger partial charge in [0.1, 0.15) is 0 Å². The maximum atomic E-state index is 12.4. The van der Waals surface area contributed by atoms with Gasteiger partial charge in [-0.25, -0.2) is 0 Å². The molecule has 2 N–H and O–H groups in total. The van der Waals surface area contributed by atoms with Gasteiger partial charge in [-0.1, -0.05) is 11.6 Å². The van der Waals surface area contributed by atoms with Crippen molar-refractivity contribution >= 4 is 23.2 Å². The Labute approximate surface area is 112 Å². The Morgan fingerprint density at radius 3 is 2.83 bits per heavy atom. The lowest BCUT2D eigenvalue weighted by atomic mass is 10.1. The topological polar surface area (TPSA) is 55.6 Å². The summed E-state index contributed by atoms with van der Waals surface area (Å²) in [7, 11) is 1.63. The molecule has 0 saturated heterocycles. The van der Waals surface area contributed by atoms with Crippen LogP contribution in [0.2, 0.25) is 5.02 Å². The monoisotopic (exact) mass is 268 g/mol. The number of nitrogens with zero attached hydrogens (tertiary/aromatic N) is 1. The van der Waals surface area contributed by atoms with Crippen LogP contribution >= 0.6 is 11.6 Å². The highest BCUT2D eigenvalue weighted by molar-refractivity contribution is 6.33. The van der Waals surface area contributed by atoms with Crippen molar-refractivity contribution in [2.24, 2.45) is 0 Å². The van der Waals surface area contributed by atoms with Crippen LogP contribution in [0, 0.1) is 0 Å². The van der Waals surface area contributed by atoms with Gasteiger partial charge < -0.3 is 15.4 Å². The summed E-state index contributed by atoms with van der Waals surface area (Å²) in [5.74, 6) is -0.00193. The van der Waals surface area contributed by atoms with Crippen LogP contribution in [0.4, 0.5) is 5.69 Å². The molecular weight excluding hydrogens is 252 g/mol. The van der Waals surface area contributed by atoms with Crippen molar-refractivity contribution in [2.45, 2.75) is 18.9 Å². The van der Waals surface area contributed by atoms with E-state index < -0.39 is 0 Å². The average Bonchev–Trinajstić information content (AvgIpc) is 3.17. The molecule has 0 atom stereocenters. The van der Waals surface area contributed by atoms with Gasteiger partial charge >= 0.3 is 0 Å². The molecule has 2 rings (SSSR count). The molecule has 5 heteroatoms. The molecule has 1 aromatic carbocycles. The van der Waals surface area contributed by atoms with Crippen molar-refractivity contribution in [3.05, 3.63) is 28.8 Å². The second-order valence-electron chi connectivity index (χ2n) is 4.46. The third-order valence-electron chi connectivity index (χ3n) is 3.03. The van der Waals surface area contributed by atoms with Crippen molar-refractivity contribution in [1.29, 1.82) is 0 Å². The standard InChI is InChI=1S/C13H17ClN2O2/c1-18-7-6-16(10-3-4-10)13(17)9-2-5-11(14)12(15)8-9/h2,5,8,10H,3-4,6-7,15H2,1H3. The van der Waals surface area contributed by atoms with Crippen LogP contribution < -0.4 is 5.73 Å². The zero-order valence-corrected chi connectivity index (χ0v) is 11.1. The number of anilines is 1. The Morgan fingerprint density at radius 2 is 2.28 bits per heavy atom. The molecule has 1 saturated carbocycles. The Kier molecular flexibility index (Phi) is 4.09. The smallest absolute Gasteiger partial charge is 0.254 e. The van der Waals surface area contributed by atoms with Gasteiger partial charge in [0, 0.05) is 25.3 Å². The van der Waals surface area contributed by atoms with Gasteiger partial charge in [-0.2, -0.15) is 0 Å². The van der Waals surface area contributed by atoms with E-state index in [1.807, 2.05) is 4.90 Å². The van der Waals surface area contributed by atoms with Crippen LogP contribution in [0.5, 0.6) is 0 Å². The number of amides is 1. The van der Waals surface area contributed by atoms with E-state index in [-0.39, 0.29) is 5.91 Å². The summed E-state index contributed by atoms with van der Waals surface area (Å²) in [6.45, 7) is 1.16. The lowest BCUT2D eigenvalue weighted by Crippen LogP contribution is -2.35. The molecule has 0 aromatic heterocycles. The van der Waals surface area contributed by atoms with E-state index in [4.69, 9.17) is 22.1 Å². The van der Waals surface area contributed by atoms with E-state index in [0.29, 0.717) is 35.5 Å². The molecule has 1 aliphatic carbocycles. The molecule has 1 fully saturated rings. The molecule has 1 amide bonds. The van der Waals surface area contributed by atoms with Crippen molar-refractivity contribution in [1.82, 2.24) is 4.90 Å². The number of nitrogens with two attached hydrogens (primary N) is 1. The molecule has 4 nitrogen and oxygen atoms in total. The largest absolute Gasteiger partial charge is 0.398 e.